The van der Waals surface area contributed by atoms with E-state index in [2.05, 4.69) is 15.6 Å². The van der Waals surface area contributed by atoms with Crippen LogP contribution in [0.5, 0.6) is 0 Å². The Kier molecular flexibility index (Phi) is 5.79. The van der Waals surface area contributed by atoms with Crippen molar-refractivity contribution in [3.63, 3.8) is 0 Å². The predicted molar refractivity (Wildman–Crippen MR) is 112 cm³/mol. The first kappa shape index (κ1) is 19.6. The fraction of sp³-hybridized carbons (Fsp3) is 0.250. The van der Waals surface area contributed by atoms with Gasteiger partial charge in [-0.1, -0.05) is 18.2 Å². The van der Waals surface area contributed by atoms with E-state index in [0.717, 1.165) is 21.7 Å². The third-order valence-corrected chi connectivity index (χ3v) is 4.98. The second-order valence-electron chi connectivity index (χ2n) is 6.64. The van der Waals surface area contributed by atoms with Crippen LogP contribution in [0, 0.1) is 29.9 Å². The van der Waals surface area contributed by atoms with Crippen molar-refractivity contribution in [1.29, 1.82) is 0 Å². The molecule has 144 valence electrons. The summed E-state index contributed by atoms with van der Waals surface area (Å²) < 4.78 is 0. The van der Waals surface area contributed by atoms with Crippen LogP contribution >= 0.6 is 12.2 Å². The molecule has 2 N–H and O–H groups in total. The zero-order chi connectivity index (χ0) is 20.3. The van der Waals surface area contributed by atoms with Gasteiger partial charge in [-0.05, 0) is 61.0 Å². The lowest BCUT2D eigenvalue weighted by atomic mass is 9.98. The number of nitro benzene ring substituents is 1. The smallest absolute Gasteiger partial charge is 0.269 e. The zero-order valence-corrected chi connectivity index (χ0v) is 16.4. The van der Waals surface area contributed by atoms with Gasteiger partial charge < -0.3 is 10.6 Å². The normalized spacial score (nSPS) is 15.1. The number of aryl methyl sites for hydroxylation is 1. The number of non-ortho nitro benzene ring substituents is 1. The summed E-state index contributed by atoms with van der Waals surface area (Å²) in [5.74, 6) is -0.429. The maximum Gasteiger partial charge on any atom is 0.269 e. The van der Waals surface area contributed by atoms with Crippen LogP contribution in [0.15, 0.2) is 41.4 Å². The number of anilines is 1. The zero-order valence-electron chi connectivity index (χ0n) is 15.6. The van der Waals surface area contributed by atoms with E-state index in [1.54, 1.807) is 12.1 Å². The molecule has 0 aliphatic carbocycles. The molecule has 1 atom stereocenters. The molecular formula is C20H20N4O3S. The number of carbonyl (C=O) groups excluding carboxylic acids is 1. The molecule has 0 radical (unpaired) electrons. The number of rotatable bonds is 5. The van der Waals surface area contributed by atoms with Gasteiger partial charge in [-0.25, -0.2) is 4.99 Å². The Labute approximate surface area is 167 Å². The molecule has 1 aliphatic rings. The first-order valence-electron chi connectivity index (χ1n) is 8.85. The van der Waals surface area contributed by atoms with Gasteiger partial charge in [0.15, 0.2) is 5.11 Å². The molecule has 1 aliphatic heterocycles. The highest BCUT2D eigenvalue weighted by Crippen LogP contribution is 2.15. The SMILES string of the molecule is Cc1ccc2c(c1C)=NC(=O)C(CCNC(=S)Nc1ccc([N+](=O)[O-])cc1)C=2. The van der Waals surface area contributed by atoms with Crippen molar-refractivity contribution in [3.05, 3.63) is 68.2 Å². The van der Waals surface area contributed by atoms with Crippen LogP contribution in [0.3, 0.4) is 0 Å². The Morgan fingerprint density at radius 1 is 1.21 bits per heavy atom. The van der Waals surface area contributed by atoms with Gasteiger partial charge in [-0.15, -0.1) is 0 Å². The molecule has 2 aromatic rings. The average Bonchev–Trinajstić information content (AvgIpc) is 2.66. The summed E-state index contributed by atoms with van der Waals surface area (Å²) in [6.45, 7) is 4.48. The van der Waals surface area contributed by atoms with Crippen LogP contribution in [0.2, 0.25) is 0 Å². The Bertz CT molecular complexity index is 1060. The van der Waals surface area contributed by atoms with Crippen molar-refractivity contribution < 1.29 is 9.72 Å². The monoisotopic (exact) mass is 396 g/mol. The number of amides is 1. The number of fused-ring (bicyclic) bond motifs is 1. The summed E-state index contributed by atoms with van der Waals surface area (Å²) in [7, 11) is 0. The molecular weight excluding hydrogens is 376 g/mol. The topological polar surface area (TPSA) is 96.6 Å². The van der Waals surface area contributed by atoms with Gasteiger partial charge >= 0.3 is 0 Å². The summed E-state index contributed by atoms with van der Waals surface area (Å²) in [4.78, 5) is 26.8. The second kappa shape index (κ2) is 8.26. The average molecular weight is 396 g/mol. The van der Waals surface area contributed by atoms with Crippen molar-refractivity contribution in [1.82, 2.24) is 5.32 Å². The number of nitro groups is 1. The Morgan fingerprint density at radius 2 is 1.93 bits per heavy atom. The fourth-order valence-corrected chi connectivity index (χ4v) is 3.20. The maximum absolute atomic E-state index is 12.3. The van der Waals surface area contributed by atoms with E-state index in [0.29, 0.717) is 23.8 Å². The quantitative estimate of drug-likeness (QED) is 0.457. The molecule has 28 heavy (non-hydrogen) atoms. The number of hydrogen-bond acceptors (Lipinski definition) is 4. The number of carbonyl (C=O) groups is 1. The molecule has 0 aromatic heterocycles. The summed E-state index contributed by atoms with van der Waals surface area (Å²) in [6.07, 6.45) is 2.53. The summed E-state index contributed by atoms with van der Waals surface area (Å²) >= 11 is 5.24. The molecule has 1 unspecified atom stereocenters. The Balaban J connectivity index is 1.56. The molecule has 0 spiro atoms. The van der Waals surface area contributed by atoms with Gasteiger partial charge in [-0.3, -0.25) is 14.9 Å². The van der Waals surface area contributed by atoms with Gasteiger partial charge in [-0.2, -0.15) is 0 Å². The number of nitrogens with one attached hydrogen (secondary N) is 2. The molecule has 2 aromatic carbocycles. The van der Waals surface area contributed by atoms with Crippen LogP contribution in [0.1, 0.15) is 17.5 Å². The summed E-state index contributed by atoms with van der Waals surface area (Å²) in [6, 6.07) is 10.0. The van der Waals surface area contributed by atoms with Crippen molar-refractivity contribution in [3.8, 4) is 0 Å². The fourth-order valence-electron chi connectivity index (χ4n) is 2.98. The molecule has 1 heterocycles. The Morgan fingerprint density at radius 3 is 2.61 bits per heavy atom. The van der Waals surface area contributed by atoms with Crippen LogP contribution in [-0.2, 0) is 4.79 Å². The van der Waals surface area contributed by atoms with Gasteiger partial charge in [0.2, 0.25) is 0 Å². The molecule has 7 nitrogen and oxygen atoms in total. The third-order valence-electron chi connectivity index (χ3n) is 4.73. The lowest BCUT2D eigenvalue weighted by molar-refractivity contribution is -0.384. The molecule has 1 amide bonds. The maximum atomic E-state index is 12.3. The van der Waals surface area contributed by atoms with E-state index in [1.807, 2.05) is 32.1 Å². The van der Waals surface area contributed by atoms with Crippen molar-refractivity contribution >= 4 is 40.7 Å². The molecule has 0 bridgehead atoms. The summed E-state index contributed by atoms with van der Waals surface area (Å²) in [5, 5.41) is 18.8. The lowest BCUT2D eigenvalue weighted by Crippen LogP contribution is -2.37. The minimum atomic E-state index is -0.454. The highest BCUT2D eigenvalue weighted by Gasteiger charge is 2.19. The Hall–Kier alpha value is -3.13. The number of nitrogens with zero attached hydrogens (tertiary/aromatic N) is 2. The molecule has 0 fully saturated rings. The van der Waals surface area contributed by atoms with Crippen molar-refractivity contribution in [2.24, 2.45) is 10.9 Å². The third kappa shape index (κ3) is 4.40. The van der Waals surface area contributed by atoms with Crippen molar-refractivity contribution in [2.45, 2.75) is 20.3 Å². The number of benzene rings is 2. The highest BCUT2D eigenvalue weighted by atomic mass is 32.1. The van der Waals surface area contributed by atoms with Gasteiger partial charge in [0.25, 0.3) is 11.6 Å². The summed E-state index contributed by atoms with van der Waals surface area (Å²) in [5.41, 5.74) is 2.82. The van der Waals surface area contributed by atoms with Gasteiger partial charge in [0.1, 0.15) is 0 Å². The number of thiocarbonyl (C=S) groups is 1. The minimum Gasteiger partial charge on any atom is -0.362 e. The van der Waals surface area contributed by atoms with Crippen LogP contribution in [-0.4, -0.2) is 22.5 Å². The highest BCUT2D eigenvalue weighted by molar-refractivity contribution is 7.80. The van der Waals surface area contributed by atoms with Crippen LogP contribution in [0.4, 0.5) is 11.4 Å². The van der Waals surface area contributed by atoms with E-state index in [-0.39, 0.29) is 17.5 Å². The van der Waals surface area contributed by atoms with E-state index < -0.39 is 4.92 Å². The van der Waals surface area contributed by atoms with Crippen molar-refractivity contribution in [2.75, 3.05) is 11.9 Å². The van der Waals surface area contributed by atoms with E-state index in [1.165, 1.54) is 12.1 Å². The molecule has 8 heteroatoms. The van der Waals surface area contributed by atoms with Crippen LogP contribution < -0.4 is 21.2 Å². The number of hydrogen-bond donors (Lipinski definition) is 2. The van der Waals surface area contributed by atoms with Crippen LogP contribution in [0.25, 0.3) is 6.08 Å². The van der Waals surface area contributed by atoms with Gasteiger partial charge in [0.05, 0.1) is 16.2 Å². The largest absolute Gasteiger partial charge is 0.362 e. The molecule has 0 saturated carbocycles. The minimum absolute atomic E-state index is 0.0187. The first-order valence-corrected chi connectivity index (χ1v) is 9.26. The second-order valence-corrected chi connectivity index (χ2v) is 7.05. The van der Waals surface area contributed by atoms with E-state index in [4.69, 9.17) is 12.2 Å². The van der Waals surface area contributed by atoms with E-state index >= 15 is 0 Å². The van der Waals surface area contributed by atoms with Gasteiger partial charge in [0, 0.05) is 24.4 Å². The first-order chi connectivity index (χ1) is 13.3. The standard InChI is InChI=1S/C20H20N4O3S/c1-12-3-4-14-11-15(19(25)23-18(14)13(12)2)9-10-21-20(28)22-16-5-7-17(8-6-16)24(26)27/h3-8,11,15H,9-10H2,1-2H3,(H2,21,22,28). The molecule has 3 rings (SSSR count). The lowest BCUT2D eigenvalue weighted by Gasteiger charge is -2.15. The van der Waals surface area contributed by atoms with E-state index in [9.17, 15) is 14.9 Å². The predicted octanol–water partition coefficient (Wildman–Crippen LogP) is 2.14. The molecule has 0 saturated heterocycles.